The maximum Gasteiger partial charge on any atom is 0.338 e. The number of carbonyl (C=O) groups excluding carboxylic acids is 1. The van der Waals surface area contributed by atoms with Gasteiger partial charge in [-0.25, -0.2) is 4.79 Å². The van der Waals surface area contributed by atoms with Crippen LogP contribution in [0.3, 0.4) is 0 Å². The summed E-state index contributed by atoms with van der Waals surface area (Å²) in [6.45, 7) is 2.03. The maximum atomic E-state index is 13.0. The van der Waals surface area contributed by atoms with Crippen molar-refractivity contribution in [3.05, 3.63) is 63.6 Å². The molecule has 0 saturated carbocycles. The molecule has 29 heavy (non-hydrogen) atoms. The van der Waals surface area contributed by atoms with Gasteiger partial charge in [0.05, 0.1) is 42.6 Å². The van der Waals surface area contributed by atoms with Crippen molar-refractivity contribution in [2.24, 2.45) is 0 Å². The third kappa shape index (κ3) is 4.38. The van der Waals surface area contributed by atoms with Crippen LogP contribution in [0.25, 0.3) is 5.70 Å². The average molecular weight is 477 g/mol. The van der Waals surface area contributed by atoms with Gasteiger partial charge in [-0.2, -0.15) is 0 Å². The largest absolute Gasteiger partial charge is 0.496 e. The van der Waals surface area contributed by atoms with E-state index in [1.54, 1.807) is 27.2 Å². The second kappa shape index (κ2) is 9.28. The highest BCUT2D eigenvalue weighted by Gasteiger charge is 2.35. The molecule has 0 aliphatic carbocycles. The summed E-state index contributed by atoms with van der Waals surface area (Å²) < 4.78 is 17.0. The molecule has 2 aromatic carbocycles. The van der Waals surface area contributed by atoms with E-state index in [4.69, 9.17) is 26.4 Å². The number of nitrogens with one attached hydrogen (secondary N) is 2. The Morgan fingerprint density at radius 3 is 2.45 bits per heavy atom. The summed E-state index contributed by atoms with van der Waals surface area (Å²) in [5.74, 6) is 0.737. The highest BCUT2D eigenvalue weighted by atomic mass is 79.9. The molecule has 1 heterocycles. The Kier molecular flexibility index (Phi) is 6.76. The molecule has 0 saturated heterocycles. The lowest BCUT2D eigenvalue weighted by Crippen LogP contribution is -2.45. The van der Waals surface area contributed by atoms with Crippen molar-refractivity contribution in [2.45, 2.75) is 13.0 Å². The van der Waals surface area contributed by atoms with Crippen LogP contribution in [-0.4, -0.2) is 31.9 Å². The standard InChI is InChI=1S/C21H21BrN2O4S/c1-4-28-20(25)17-18(12-8-6-5-7-9-12)23-21(29)24-19(17)13-10-14(22)16(27-3)11-15(13)26-2/h5-11,19H,4H2,1-3H3,(H2,23,24,29)/t19-/m1/s1. The van der Waals surface area contributed by atoms with E-state index < -0.39 is 12.0 Å². The summed E-state index contributed by atoms with van der Waals surface area (Å²) in [7, 11) is 3.14. The van der Waals surface area contributed by atoms with Gasteiger partial charge in [0, 0.05) is 11.6 Å². The monoisotopic (exact) mass is 476 g/mol. The Balaban J connectivity index is 2.24. The maximum absolute atomic E-state index is 13.0. The molecule has 0 spiro atoms. The van der Waals surface area contributed by atoms with Gasteiger partial charge < -0.3 is 24.8 Å². The number of halogens is 1. The van der Waals surface area contributed by atoms with E-state index in [0.717, 1.165) is 15.6 Å². The van der Waals surface area contributed by atoms with Crippen molar-refractivity contribution < 1.29 is 19.0 Å². The molecule has 0 unspecified atom stereocenters. The van der Waals surface area contributed by atoms with E-state index in [1.807, 2.05) is 36.4 Å². The molecule has 2 aromatic rings. The van der Waals surface area contributed by atoms with Crippen molar-refractivity contribution in [3.63, 3.8) is 0 Å². The molecular formula is C21H21BrN2O4S. The Labute approximate surface area is 183 Å². The Hall–Kier alpha value is -2.58. The number of hydrogen-bond donors (Lipinski definition) is 2. The lowest BCUT2D eigenvalue weighted by Gasteiger charge is -2.32. The smallest absolute Gasteiger partial charge is 0.338 e. The molecule has 3 rings (SSSR count). The first-order chi connectivity index (χ1) is 14.0. The third-order valence-corrected chi connectivity index (χ3v) is 5.28. The molecule has 1 aliphatic rings. The normalized spacial score (nSPS) is 16.0. The molecule has 1 atom stereocenters. The van der Waals surface area contributed by atoms with E-state index in [9.17, 15) is 4.79 Å². The number of ether oxygens (including phenoxy) is 3. The molecular weight excluding hydrogens is 456 g/mol. The summed E-state index contributed by atoms with van der Waals surface area (Å²) in [5.41, 5.74) is 2.57. The number of esters is 1. The SMILES string of the molecule is CCOC(=O)C1=C(c2ccccc2)NC(=S)N[C@@H]1c1cc(Br)c(OC)cc1OC. The molecule has 0 bridgehead atoms. The van der Waals surface area contributed by atoms with Crippen LogP contribution in [0.1, 0.15) is 24.1 Å². The minimum absolute atomic E-state index is 0.255. The van der Waals surface area contributed by atoms with Crippen LogP contribution in [0.15, 0.2) is 52.5 Å². The van der Waals surface area contributed by atoms with Gasteiger partial charge in [-0.05, 0) is 46.7 Å². The Morgan fingerprint density at radius 2 is 1.83 bits per heavy atom. The Bertz CT molecular complexity index is 963. The molecule has 1 aliphatic heterocycles. The summed E-state index contributed by atoms with van der Waals surface area (Å²) in [5, 5.41) is 6.70. The number of thiocarbonyl (C=S) groups is 1. The Morgan fingerprint density at radius 1 is 1.14 bits per heavy atom. The summed E-state index contributed by atoms with van der Waals surface area (Å²) in [4.78, 5) is 13.0. The predicted octanol–water partition coefficient (Wildman–Crippen LogP) is 3.96. The van der Waals surface area contributed by atoms with Crippen molar-refractivity contribution >= 4 is 44.9 Å². The molecule has 0 radical (unpaired) electrons. The summed E-state index contributed by atoms with van der Waals surface area (Å²) >= 11 is 8.95. The molecule has 2 N–H and O–H groups in total. The van der Waals surface area contributed by atoms with Gasteiger partial charge in [-0.1, -0.05) is 30.3 Å². The summed E-state index contributed by atoms with van der Waals surface area (Å²) in [6.07, 6.45) is 0. The second-order valence-electron chi connectivity index (χ2n) is 6.14. The molecule has 0 amide bonds. The van der Waals surface area contributed by atoms with E-state index in [2.05, 4.69) is 26.6 Å². The van der Waals surface area contributed by atoms with Crippen LogP contribution < -0.4 is 20.1 Å². The second-order valence-corrected chi connectivity index (χ2v) is 7.40. The zero-order chi connectivity index (χ0) is 21.0. The molecule has 6 nitrogen and oxygen atoms in total. The van der Waals surface area contributed by atoms with Crippen LogP contribution in [0.2, 0.25) is 0 Å². The van der Waals surface area contributed by atoms with Gasteiger partial charge >= 0.3 is 5.97 Å². The van der Waals surface area contributed by atoms with Crippen LogP contribution in [0, 0.1) is 0 Å². The van der Waals surface area contributed by atoms with Gasteiger partial charge in [0.1, 0.15) is 11.5 Å². The van der Waals surface area contributed by atoms with Gasteiger partial charge in [0.2, 0.25) is 0 Å². The molecule has 0 fully saturated rings. The number of rotatable bonds is 6. The zero-order valence-electron chi connectivity index (χ0n) is 16.2. The van der Waals surface area contributed by atoms with Crippen LogP contribution in [0.4, 0.5) is 0 Å². The van der Waals surface area contributed by atoms with Crippen LogP contribution >= 0.6 is 28.1 Å². The van der Waals surface area contributed by atoms with E-state index in [0.29, 0.717) is 27.9 Å². The topological polar surface area (TPSA) is 68.8 Å². The van der Waals surface area contributed by atoms with E-state index in [1.165, 1.54) is 0 Å². The molecule has 8 heteroatoms. The fourth-order valence-electron chi connectivity index (χ4n) is 3.17. The lowest BCUT2D eigenvalue weighted by atomic mass is 9.92. The highest BCUT2D eigenvalue weighted by Crippen LogP contribution is 2.40. The minimum atomic E-state index is -0.574. The average Bonchev–Trinajstić information content (AvgIpc) is 2.73. The van der Waals surface area contributed by atoms with Crippen molar-refractivity contribution in [1.29, 1.82) is 0 Å². The van der Waals surface area contributed by atoms with E-state index >= 15 is 0 Å². The number of hydrogen-bond acceptors (Lipinski definition) is 5. The fourth-order valence-corrected chi connectivity index (χ4v) is 3.91. The minimum Gasteiger partial charge on any atom is -0.496 e. The third-order valence-electron chi connectivity index (χ3n) is 4.44. The van der Waals surface area contributed by atoms with Crippen LogP contribution in [0.5, 0.6) is 11.5 Å². The van der Waals surface area contributed by atoms with E-state index in [-0.39, 0.29) is 6.61 Å². The number of benzene rings is 2. The first kappa shape index (κ1) is 21.1. The quantitative estimate of drug-likeness (QED) is 0.482. The summed E-state index contributed by atoms with van der Waals surface area (Å²) in [6, 6.07) is 12.6. The van der Waals surface area contributed by atoms with Gasteiger partial charge in [0.15, 0.2) is 5.11 Å². The zero-order valence-corrected chi connectivity index (χ0v) is 18.6. The first-order valence-corrected chi connectivity index (χ1v) is 10.2. The fraction of sp³-hybridized carbons (Fsp3) is 0.238. The molecule has 152 valence electrons. The van der Waals surface area contributed by atoms with Gasteiger partial charge in [-0.15, -0.1) is 0 Å². The molecule has 0 aromatic heterocycles. The van der Waals surface area contributed by atoms with Gasteiger partial charge in [0.25, 0.3) is 0 Å². The predicted molar refractivity (Wildman–Crippen MR) is 119 cm³/mol. The number of methoxy groups -OCH3 is 2. The van der Waals surface area contributed by atoms with Crippen molar-refractivity contribution in [3.8, 4) is 11.5 Å². The van der Waals surface area contributed by atoms with Gasteiger partial charge in [-0.3, -0.25) is 0 Å². The first-order valence-electron chi connectivity index (χ1n) is 8.95. The highest BCUT2D eigenvalue weighted by molar-refractivity contribution is 9.10. The van der Waals surface area contributed by atoms with Crippen LogP contribution in [-0.2, 0) is 9.53 Å². The van der Waals surface area contributed by atoms with Crippen molar-refractivity contribution in [1.82, 2.24) is 10.6 Å². The number of carbonyl (C=O) groups is 1. The van der Waals surface area contributed by atoms with Crippen molar-refractivity contribution in [2.75, 3.05) is 20.8 Å². The lowest BCUT2D eigenvalue weighted by molar-refractivity contribution is -0.138.